The molecular formula is C11H18N2O2. The average Bonchev–Trinajstić information content (AvgIpc) is 2.69. The molecule has 15 heavy (non-hydrogen) atoms. The van der Waals surface area contributed by atoms with Gasteiger partial charge < -0.3 is 5.32 Å². The average molecular weight is 210 g/mol. The zero-order valence-electron chi connectivity index (χ0n) is 9.54. The number of nitrogens with one attached hydrogen (secondary N) is 1. The van der Waals surface area contributed by atoms with Gasteiger partial charge in [-0.3, -0.25) is 14.5 Å². The summed E-state index contributed by atoms with van der Waals surface area (Å²) in [5, 5.41) is 3.21. The number of carbonyl (C=O) groups is 2. The number of rotatable bonds is 1. The molecule has 3 atom stereocenters. The molecule has 1 N–H and O–H groups in total. The van der Waals surface area contributed by atoms with Crippen molar-refractivity contribution in [2.45, 2.75) is 32.7 Å². The fourth-order valence-corrected chi connectivity index (χ4v) is 2.47. The van der Waals surface area contributed by atoms with E-state index in [4.69, 9.17) is 0 Å². The fraction of sp³-hybridized carbons (Fsp3) is 0.818. The fourth-order valence-electron chi connectivity index (χ4n) is 2.47. The molecule has 4 nitrogen and oxygen atoms in total. The van der Waals surface area contributed by atoms with Gasteiger partial charge in [-0.1, -0.05) is 13.8 Å². The summed E-state index contributed by atoms with van der Waals surface area (Å²) in [6.07, 6.45) is 0.865. The van der Waals surface area contributed by atoms with Crippen LogP contribution in [-0.4, -0.2) is 35.3 Å². The number of imide groups is 1. The molecule has 4 heteroatoms. The minimum Gasteiger partial charge on any atom is -0.314 e. The Hall–Kier alpha value is -0.900. The van der Waals surface area contributed by atoms with Gasteiger partial charge >= 0.3 is 0 Å². The Bertz CT molecular complexity index is 288. The van der Waals surface area contributed by atoms with Gasteiger partial charge in [-0.15, -0.1) is 0 Å². The third kappa shape index (κ3) is 1.39. The first-order valence-electron chi connectivity index (χ1n) is 5.56. The SMILES string of the molecule is CC1C(=O)N(C2(C)CCNC2)C(=O)C1C. The molecule has 0 radical (unpaired) electrons. The topological polar surface area (TPSA) is 49.4 Å². The summed E-state index contributed by atoms with van der Waals surface area (Å²) in [5.74, 6) is -0.317. The lowest BCUT2D eigenvalue weighted by Crippen LogP contribution is -2.51. The first-order chi connectivity index (χ1) is 6.97. The van der Waals surface area contributed by atoms with E-state index in [0.717, 1.165) is 19.5 Å². The Balaban J connectivity index is 2.29. The molecule has 0 aromatic rings. The summed E-state index contributed by atoms with van der Waals surface area (Å²) in [6, 6.07) is 0. The van der Waals surface area contributed by atoms with Gasteiger partial charge in [0.25, 0.3) is 0 Å². The molecule has 2 saturated heterocycles. The van der Waals surface area contributed by atoms with E-state index in [9.17, 15) is 9.59 Å². The molecule has 0 saturated carbocycles. The molecule has 84 valence electrons. The van der Waals surface area contributed by atoms with Crippen LogP contribution in [0.15, 0.2) is 0 Å². The van der Waals surface area contributed by atoms with Crippen LogP contribution < -0.4 is 5.32 Å². The number of amides is 2. The third-order valence-corrected chi connectivity index (χ3v) is 3.86. The van der Waals surface area contributed by atoms with E-state index in [1.54, 1.807) is 0 Å². The molecule has 2 heterocycles. The van der Waals surface area contributed by atoms with Gasteiger partial charge in [0.2, 0.25) is 11.8 Å². The van der Waals surface area contributed by atoms with Gasteiger partial charge in [-0.2, -0.15) is 0 Å². The van der Waals surface area contributed by atoms with Crippen LogP contribution >= 0.6 is 0 Å². The normalized spacial score (nSPS) is 41.7. The van der Waals surface area contributed by atoms with Gasteiger partial charge in [0.1, 0.15) is 0 Å². The van der Waals surface area contributed by atoms with Gasteiger partial charge in [0.05, 0.1) is 5.54 Å². The number of hydrogen-bond donors (Lipinski definition) is 1. The lowest BCUT2D eigenvalue weighted by atomic mass is 9.99. The molecule has 0 bridgehead atoms. The molecule has 2 rings (SSSR count). The Kier molecular flexibility index (Phi) is 2.34. The van der Waals surface area contributed by atoms with Crippen LogP contribution in [0.3, 0.4) is 0 Å². The quantitative estimate of drug-likeness (QED) is 0.636. The van der Waals surface area contributed by atoms with Crippen molar-refractivity contribution >= 4 is 11.8 Å². The number of likely N-dealkylation sites (tertiary alicyclic amines) is 1. The van der Waals surface area contributed by atoms with E-state index < -0.39 is 0 Å². The van der Waals surface area contributed by atoms with E-state index in [1.165, 1.54) is 4.90 Å². The maximum Gasteiger partial charge on any atom is 0.233 e. The smallest absolute Gasteiger partial charge is 0.233 e. The van der Waals surface area contributed by atoms with Crippen molar-refractivity contribution in [3.8, 4) is 0 Å². The highest BCUT2D eigenvalue weighted by molar-refractivity contribution is 6.05. The van der Waals surface area contributed by atoms with E-state index in [2.05, 4.69) is 5.32 Å². The number of carbonyl (C=O) groups excluding carboxylic acids is 2. The number of hydrogen-bond acceptors (Lipinski definition) is 3. The van der Waals surface area contributed by atoms with Crippen LogP contribution in [0.25, 0.3) is 0 Å². The van der Waals surface area contributed by atoms with Gasteiger partial charge in [-0.25, -0.2) is 0 Å². The highest BCUT2D eigenvalue weighted by atomic mass is 16.2. The predicted molar refractivity (Wildman–Crippen MR) is 56.1 cm³/mol. The molecule has 2 fully saturated rings. The number of nitrogens with zero attached hydrogens (tertiary/aromatic N) is 1. The summed E-state index contributed by atoms with van der Waals surface area (Å²) in [7, 11) is 0. The Morgan fingerprint density at radius 2 is 1.80 bits per heavy atom. The largest absolute Gasteiger partial charge is 0.314 e. The maximum atomic E-state index is 12.0. The van der Waals surface area contributed by atoms with Gasteiger partial charge in [0.15, 0.2) is 0 Å². The minimum atomic E-state index is -0.298. The Morgan fingerprint density at radius 1 is 1.27 bits per heavy atom. The molecule has 0 aromatic carbocycles. The molecule has 3 unspecified atom stereocenters. The second-order valence-electron chi connectivity index (χ2n) is 5.01. The van der Waals surface area contributed by atoms with E-state index in [0.29, 0.717) is 0 Å². The van der Waals surface area contributed by atoms with Crippen molar-refractivity contribution in [1.82, 2.24) is 10.2 Å². The minimum absolute atomic E-state index is 0.00120. The standard InChI is InChI=1S/C11H18N2O2/c1-7-8(2)10(15)13(9(7)14)11(3)4-5-12-6-11/h7-8,12H,4-6H2,1-3H3. The van der Waals surface area contributed by atoms with Crippen molar-refractivity contribution in [2.75, 3.05) is 13.1 Å². The summed E-state index contributed by atoms with van der Waals surface area (Å²) in [4.78, 5) is 25.5. The van der Waals surface area contributed by atoms with E-state index in [-0.39, 0.29) is 29.2 Å². The van der Waals surface area contributed by atoms with E-state index in [1.807, 2.05) is 20.8 Å². The lowest BCUT2D eigenvalue weighted by molar-refractivity contribution is -0.145. The first kappa shape index (κ1) is 10.6. The van der Waals surface area contributed by atoms with Crippen LogP contribution in [0.4, 0.5) is 0 Å². The second kappa shape index (κ2) is 3.30. The van der Waals surface area contributed by atoms with Crippen molar-refractivity contribution in [3.63, 3.8) is 0 Å². The maximum absolute atomic E-state index is 12.0. The molecule has 0 aromatic heterocycles. The zero-order valence-corrected chi connectivity index (χ0v) is 9.54. The first-order valence-corrected chi connectivity index (χ1v) is 5.56. The lowest BCUT2D eigenvalue weighted by Gasteiger charge is -2.33. The van der Waals surface area contributed by atoms with Gasteiger partial charge in [0, 0.05) is 18.4 Å². The molecule has 0 spiro atoms. The Morgan fingerprint density at radius 3 is 2.20 bits per heavy atom. The summed E-state index contributed by atoms with van der Waals surface area (Å²) in [6.45, 7) is 7.29. The molecule has 0 aliphatic carbocycles. The Labute approximate surface area is 90.0 Å². The van der Waals surface area contributed by atoms with Crippen molar-refractivity contribution in [2.24, 2.45) is 11.8 Å². The third-order valence-electron chi connectivity index (χ3n) is 3.86. The van der Waals surface area contributed by atoms with Crippen molar-refractivity contribution < 1.29 is 9.59 Å². The highest BCUT2D eigenvalue weighted by Gasteiger charge is 2.51. The predicted octanol–water partition coefficient (Wildman–Crippen LogP) is 0.379. The summed E-state index contributed by atoms with van der Waals surface area (Å²) in [5.41, 5.74) is -0.298. The van der Waals surface area contributed by atoms with Crippen LogP contribution in [0.2, 0.25) is 0 Å². The highest BCUT2D eigenvalue weighted by Crippen LogP contribution is 2.34. The van der Waals surface area contributed by atoms with Crippen LogP contribution in [0.5, 0.6) is 0 Å². The van der Waals surface area contributed by atoms with E-state index >= 15 is 0 Å². The van der Waals surface area contributed by atoms with Crippen molar-refractivity contribution in [3.05, 3.63) is 0 Å². The van der Waals surface area contributed by atoms with Crippen LogP contribution in [0.1, 0.15) is 27.2 Å². The molecule has 2 aliphatic heterocycles. The van der Waals surface area contributed by atoms with Crippen molar-refractivity contribution in [1.29, 1.82) is 0 Å². The molecule has 2 aliphatic rings. The molecular weight excluding hydrogens is 192 g/mol. The summed E-state index contributed by atoms with van der Waals surface area (Å²) >= 11 is 0. The molecule has 2 amide bonds. The monoisotopic (exact) mass is 210 g/mol. The van der Waals surface area contributed by atoms with Crippen LogP contribution in [-0.2, 0) is 9.59 Å². The van der Waals surface area contributed by atoms with Crippen LogP contribution in [0, 0.1) is 11.8 Å². The zero-order chi connectivity index (χ0) is 11.2. The van der Waals surface area contributed by atoms with Gasteiger partial charge in [-0.05, 0) is 19.9 Å². The summed E-state index contributed by atoms with van der Waals surface area (Å²) < 4.78 is 0. The second-order valence-corrected chi connectivity index (χ2v) is 5.01.